The minimum atomic E-state index is 0.261. The SMILES string of the molecule is Cn1ccc(-c2cc3nc(Cl)nc(N4CCOCC4)c3n2C)n1. The maximum Gasteiger partial charge on any atom is 0.225 e. The Morgan fingerprint density at radius 2 is 1.96 bits per heavy atom. The van der Waals surface area contributed by atoms with Crippen LogP contribution >= 0.6 is 11.6 Å². The molecule has 8 heteroatoms. The van der Waals surface area contributed by atoms with Gasteiger partial charge in [0, 0.05) is 33.4 Å². The zero-order valence-corrected chi connectivity index (χ0v) is 13.8. The Kier molecular flexibility index (Phi) is 3.46. The van der Waals surface area contributed by atoms with Crippen LogP contribution in [0.4, 0.5) is 5.82 Å². The number of hydrogen-bond acceptors (Lipinski definition) is 5. The molecule has 0 aliphatic carbocycles. The summed E-state index contributed by atoms with van der Waals surface area (Å²) < 4.78 is 9.30. The van der Waals surface area contributed by atoms with Gasteiger partial charge in [-0.3, -0.25) is 4.68 Å². The number of morpholine rings is 1. The number of fused-ring (bicyclic) bond motifs is 1. The van der Waals surface area contributed by atoms with E-state index in [-0.39, 0.29) is 5.28 Å². The zero-order valence-electron chi connectivity index (χ0n) is 13.0. The number of aryl methyl sites for hydroxylation is 2. The van der Waals surface area contributed by atoms with E-state index in [1.807, 2.05) is 32.4 Å². The summed E-state index contributed by atoms with van der Waals surface area (Å²) in [5, 5.41) is 4.74. The highest BCUT2D eigenvalue weighted by Gasteiger charge is 2.21. The van der Waals surface area contributed by atoms with Crippen LogP contribution in [0.5, 0.6) is 0 Å². The summed E-state index contributed by atoms with van der Waals surface area (Å²) >= 11 is 6.15. The van der Waals surface area contributed by atoms with Gasteiger partial charge in [0.1, 0.15) is 11.2 Å². The Morgan fingerprint density at radius 3 is 2.65 bits per heavy atom. The Balaban J connectivity index is 1.91. The van der Waals surface area contributed by atoms with Crippen molar-refractivity contribution in [1.82, 2.24) is 24.3 Å². The number of hydrogen-bond donors (Lipinski definition) is 0. The monoisotopic (exact) mass is 332 g/mol. The molecule has 0 radical (unpaired) electrons. The van der Waals surface area contributed by atoms with Crippen molar-refractivity contribution in [2.24, 2.45) is 14.1 Å². The second kappa shape index (κ2) is 5.50. The summed E-state index contributed by atoms with van der Waals surface area (Å²) in [7, 11) is 3.91. The van der Waals surface area contributed by atoms with E-state index in [1.54, 1.807) is 4.68 Å². The van der Waals surface area contributed by atoms with Crippen molar-refractivity contribution in [3.63, 3.8) is 0 Å². The molecule has 0 amide bonds. The lowest BCUT2D eigenvalue weighted by Gasteiger charge is -2.28. The van der Waals surface area contributed by atoms with Crippen LogP contribution in [-0.2, 0) is 18.8 Å². The molecular formula is C15H17ClN6O. The van der Waals surface area contributed by atoms with Crippen LogP contribution in [-0.4, -0.2) is 50.6 Å². The molecule has 1 saturated heterocycles. The fraction of sp³-hybridized carbons (Fsp3) is 0.400. The van der Waals surface area contributed by atoms with E-state index in [9.17, 15) is 0 Å². The second-order valence-corrected chi connectivity index (χ2v) is 5.95. The van der Waals surface area contributed by atoms with Crippen molar-refractivity contribution < 1.29 is 4.74 Å². The van der Waals surface area contributed by atoms with Crippen LogP contribution in [0.15, 0.2) is 18.3 Å². The first-order valence-electron chi connectivity index (χ1n) is 7.49. The second-order valence-electron chi connectivity index (χ2n) is 5.61. The van der Waals surface area contributed by atoms with Gasteiger partial charge in [-0.05, 0) is 23.7 Å². The molecule has 0 aromatic carbocycles. The maximum absolute atomic E-state index is 6.15. The summed E-state index contributed by atoms with van der Waals surface area (Å²) in [6, 6.07) is 3.99. The van der Waals surface area contributed by atoms with E-state index in [0.29, 0.717) is 13.2 Å². The average Bonchev–Trinajstić information content (AvgIpc) is 3.11. The van der Waals surface area contributed by atoms with Crippen LogP contribution in [0.25, 0.3) is 22.4 Å². The van der Waals surface area contributed by atoms with Gasteiger partial charge in [0.05, 0.1) is 24.4 Å². The first-order chi connectivity index (χ1) is 11.1. The molecule has 7 nitrogen and oxygen atoms in total. The van der Waals surface area contributed by atoms with Crippen molar-refractivity contribution in [3.8, 4) is 11.4 Å². The summed E-state index contributed by atoms with van der Waals surface area (Å²) in [5.74, 6) is 0.855. The molecule has 0 unspecified atom stereocenters. The quantitative estimate of drug-likeness (QED) is 0.670. The van der Waals surface area contributed by atoms with Crippen molar-refractivity contribution in [2.75, 3.05) is 31.2 Å². The molecule has 0 bridgehead atoms. The van der Waals surface area contributed by atoms with Crippen LogP contribution in [0.1, 0.15) is 0 Å². The van der Waals surface area contributed by atoms with E-state index < -0.39 is 0 Å². The normalized spacial score (nSPS) is 15.5. The number of anilines is 1. The summed E-state index contributed by atoms with van der Waals surface area (Å²) in [6.45, 7) is 2.99. The average molecular weight is 333 g/mol. The molecular weight excluding hydrogens is 316 g/mol. The molecule has 0 N–H and O–H groups in total. The smallest absolute Gasteiger partial charge is 0.225 e. The lowest BCUT2D eigenvalue weighted by molar-refractivity contribution is 0.122. The minimum absolute atomic E-state index is 0.261. The lowest BCUT2D eigenvalue weighted by atomic mass is 10.3. The van der Waals surface area contributed by atoms with Crippen LogP contribution in [0.2, 0.25) is 5.28 Å². The minimum Gasteiger partial charge on any atom is -0.378 e. The van der Waals surface area contributed by atoms with Crippen LogP contribution < -0.4 is 4.90 Å². The fourth-order valence-corrected chi connectivity index (χ4v) is 3.17. The Morgan fingerprint density at radius 1 is 1.17 bits per heavy atom. The molecule has 1 aliphatic heterocycles. The zero-order chi connectivity index (χ0) is 16.0. The predicted molar refractivity (Wildman–Crippen MR) is 88.8 cm³/mol. The molecule has 3 aromatic rings. The number of halogens is 1. The molecule has 1 aliphatic rings. The Hall–Kier alpha value is -2.12. The topological polar surface area (TPSA) is 61.0 Å². The molecule has 4 rings (SSSR count). The molecule has 1 fully saturated rings. The number of nitrogens with zero attached hydrogens (tertiary/aromatic N) is 6. The van der Waals surface area contributed by atoms with Crippen molar-refractivity contribution in [2.45, 2.75) is 0 Å². The standard InChI is InChI=1S/C15H17ClN6O/c1-20-4-3-10(19-20)12-9-11-13(21(12)2)14(18-15(16)17-11)22-5-7-23-8-6-22/h3-4,9H,5-8H2,1-2H3. The third-order valence-corrected chi connectivity index (χ3v) is 4.29. The third-order valence-electron chi connectivity index (χ3n) is 4.12. The van der Waals surface area contributed by atoms with Gasteiger partial charge in [-0.25, -0.2) is 4.98 Å². The first kappa shape index (κ1) is 14.5. The van der Waals surface area contributed by atoms with Gasteiger partial charge < -0.3 is 14.2 Å². The van der Waals surface area contributed by atoms with Crippen molar-refractivity contribution in [1.29, 1.82) is 0 Å². The lowest BCUT2D eigenvalue weighted by Crippen LogP contribution is -2.37. The van der Waals surface area contributed by atoms with Crippen LogP contribution in [0, 0.1) is 0 Å². The number of aromatic nitrogens is 5. The van der Waals surface area contributed by atoms with Gasteiger partial charge >= 0.3 is 0 Å². The maximum atomic E-state index is 6.15. The van der Waals surface area contributed by atoms with E-state index in [1.165, 1.54) is 0 Å². The van der Waals surface area contributed by atoms with E-state index in [2.05, 4.69) is 24.5 Å². The fourth-order valence-electron chi connectivity index (χ4n) is 2.99. The Labute approximate surface area is 138 Å². The van der Waals surface area contributed by atoms with E-state index in [4.69, 9.17) is 16.3 Å². The van der Waals surface area contributed by atoms with Gasteiger partial charge in [-0.1, -0.05) is 0 Å². The Bertz CT molecular complexity index is 864. The summed E-state index contributed by atoms with van der Waals surface area (Å²) in [6.07, 6.45) is 1.93. The van der Waals surface area contributed by atoms with Gasteiger partial charge in [-0.15, -0.1) is 0 Å². The molecule has 23 heavy (non-hydrogen) atoms. The highest BCUT2D eigenvalue weighted by molar-refractivity contribution is 6.28. The number of ether oxygens (including phenoxy) is 1. The highest BCUT2D eigenvalue weighted by atomic mass is 35.5. The van der Waals surface area contributed by atoms with Gasteiger partial charge in [0.2, 0.25) is 5.28 Å². The predicted octanol–water partition coefficient (Wildman–Crippen LogP) is 1.86. The van der Waals surface area contributed by atoms with Crippen molar-refractivity contribution >= 4 is 28.5 Å². The molecule has 4 heterocycles. The summed E-state index contributed by atoms with van der Waals surface area (Å²) in [4.78, 5) is 11.1. The molecule has 120 valence electrons. The summed E-state index contributed by atoms with van der Waals surface area (Å²) in [5.41, 5.74) is 3.69. The van der Waals surface area contributed by atoms with Gasteiger partial charge in [0.25, 0.3) is 0 Å². The molecule has 0 spiro atoms. The molecule has 0 saturated carbocycles. The van der Waals surface area contributed by atoms with Gasteiger partial charge in [0.15, 0.2) is 5.82 Å². The third kappa shape index (κ3) is 2.46. The van der Waals surface area contributed by atoms with E-state index >= 15 is 0 Å². The highest BCUT2D eigenvalue weighted by Crippen LogP contribution is 2.32. The van der Waals surface area contributed by atoms with Gasteiger partial charge in [-0.2, -0.15) is 10.1 Å². The molecule has 3 aromatic heterocycles. The number of rotatable bonds is 2. The molecule has 0 atom stereocenters. The first-order valence-corrected chi connectivity index (χ1v) is 7.87. The largest absolute Gasteiger partial charge is 0.378 e. The van der Waals surface area contributed by atoms with E-state index in [0.717, 1.165) is 41.3 Å². The van der Waals surface area contributed by atoms with Crippen LogP contribution in [0.3, 0.4) is 0 Å². The van der Waals surface area contributed by atoms with Crippen molar-refractivity contribution in [3.05, 3.63) is 23.6 Å².